The van der Waals surface area contributed by atoms with Gasteiger partial charge < -0.3 is 5.32 Å². The van der Waals surface area contributed by atoms with Gasteiger partial charge in [-0.2, -0.15) is 0 Å². The lowest BCUT2D eigenvalue weighted by Crippen LogP contribution is -2.32. The summed E-state index contributed by atoms with van der Waals surface area (Å²) in [4.78, 5) is 13.5. The minimum absolute atomic E-state index is 0.0201. The first kappa shape index (κ1) is 9.70. The summed E-state index contributed by atoms with van der Waals surface area (Å²) in [6.07, 6.45) is 2.64. The van der Waals surface area contributed by atoms with Crippen LogP contribution in [0.25, 0.3) is 0 Å². The number of nitrogens with zero attached hydrogens (tertiary/aromatic N) is 1. The zero-order valence-electron chi connectivity index (χ0n) is 9.44. The smallest absolute Gasteiger partial charge is 0.322 e. The number of benzene rings is 1. The maximum absolute atomic E-state index is 11.6. The van der Waals surface area contributed by atoms with E-state index in [9.17, 15) is 4.79 Å². The van der Waals surface area contributed by atoms with Crippen molar-refractivity contribution in [3.63, 3.8) is 0 Å². The molecule has 1 saturated carbocycles. The molecule has 1 N–H and O–H groups in total. The minimum Gasteiger partial charge on any atom is -0.336 e. The van der Waals surface area contributed by atoms with E-state index in [1.54, 1.807) is 0 Å². The molecule has 1 atom stereocenters. The second-order valence-electron chi connectivity index (χ2n) is 4.77. The fourth-order valence-corrected chi connectivity index (χ4v) is 2.31. The molecule has 2 amide bonds. The maximum atomic E-state index is 11.6. The minimum atomic E-state index is 0.0201. The molecule has 1 heterocycles. The monoisotopic (exact) mass is 216 g/mol. The van der Waals surface area contributed by atoms with Crippen molar-refractivity contribution in [3.05, 3.63) is 29.8 Å². The van der Waals surface area contributed by atoms with Crippen molar-refractivity contribution in [2.75, 3.05) is 11.4 Å². The highest BCUT2D eigenvalue weighted by atomic mass is 16.2. The number of hydrogen-bond acceptors (Lipinski definition) is 1. The molecule has 2 fully saturated rings. The lowest BCUT2D eigenvalue weighted by Gasteiger charge is -2.20. The van der Waals surface area contributed by atoms with E-state index in [1.807, 2.05) is 4.90 Å². The highest BCUT2D eigenvalue weighted by Crippen LogP contribution is 2.40. The molecule has 84 valence electrons. The number of hydrogen-bond donors (Lipinski definition) is 1. The summed E-state index contributed by atoms with van der Waals surface area (Å²) in [5.74, 6) is 0.777. The molecule has 0 aromatic heterocycles. The zero-order chi connectivity index (χ0) is 11.1. The Hall–Kier alpha value is -1.51. The normalized spacial score (nSPS) is 24.7. The molecule has 0 radical (unpaired) electrons. The highest BCUT2D eigenvalue weighted by molar-refractivity contribution is 5.94. The van der Waals surface area contributed by atoms with Gasteiger partial charge in [0.25, 0.3) is 0 Å². The summed E-state index contributed by atoms with van der Waals surface area (Å²) in [5.41, 5.74) is 2.42. The first-order valence-electron chi connectivity index (χ1n) is 5.93. The van der Waals surface area contributed by atoms with Crippen LogP contribution >= 0.6 is 0 Å². The Bertz CT molecular complexity index is 408. The third kappa shape index (κ3) is 1.56. The SMILES string of the molecule is C[C@@H]1CNC(=O)N1c1ccc(C2CC2)cc1. The van der Waals surface area contributed by atoms with Gasteiger partial charge in [-0.1, -0.05) is 12.1 Å². The largest absolute Gasteiger partial charge is 0.336 e. The Morgan fingerprint density at radius 1 is 1.25 bits per heavy atom. The average Bonchev–Trinajstić information content (AvgIpc) is 3.07. The molecule has 1 saturated heterocycles. The average molecular weight is 216 g/mol. The first-order valence-corrected chi connectivity index (χ1v) is 5.93. The van der Waals surface area contributed by atoms with E-state index in [2.05, 4.69) is 36.5 Å². The predicted molar refractivity (Wildman–Crippen MR) is 63.8 cm³/mol. The molecule has 3 heteroatoms. The second-order valence-corrected chi connectivity index (χ2v) is 4.77. The molecular weight excluding hydrogens is 200 g/mol. The first-order chi connectivity index (χ1) is 7.75. The van der Waals surface area contributed by atoms with Gasteiger partial charge in [-0.25, -0.2) is 4.79 Å². The Morgan fingerprint density at radius 2 is 1.94 bits per heavy atom. The summed E-state index contributed by atoms with van der Waals surface area (Å²) >= 11 is 0. The summed E-state index contributed by atoms with van der Waals surface area (Å²) in [7, 11) is 0. The van der Waals surface area contributed by atoms with Gasteiger partial charge >= 0.3 is 6.03 Å². The van der Waals surface area contributed by atoms with E-state index in [0.29, 0.717) is 0 Å². The van der Waals surface area contributed by atoms with Crippen molar-refractivity contribution in [2.45, 2.75) is 31.7 Å². The van der Waals surface area contributed by atoms with Crippen LogP contribution in [-0.4, -0.2) is 18.6 Å². The van der Waals surface area contributed by atoms with Crippen LogP contribution in [0.1, 0.15) is 31.2 Å². The molecule has 3 nitrogen and oxygen atoms in total. The van der Waals surface area contributed by atoms with Gasteiger partial charge in [0.2, 0.25) is 0 Å². The van der Waals surface area contributed by atoms with Crippen LogP contribution in [0.3, 0.4) is 0 Å². The van der Waals surface area contributed by atoms with Gasteiger partial charge in [0, 0.05) is 12.2 Å². The number of urea groups is 1. The van der Waals surface area contributed by atoms with Crippen molar-refractivity contribution in [3.8, 4) is 0 Å². The number of nitrogens with one attached hydrogen (secondary N) is 1. The lowest BCUT2D eigenvalue weighted by molar-refractivity contribution is 0.252. The number of anilines is 1. The Morgan fingerprint density at radius 3 is 2.44 bits per heavy atom. The predicted octanol–water partition coefficient (Wildman–Crippen LogP) is 2.48. The van der Waals surface area contributed by atoms with Crippen LogP contribution in [0, 0.1) is 0 Å². The number of amides is 2. The molecule has 1 aliphatic heterocycles. The second kappa shape index (κ2) is 3.51. The standard InChI is InChI=1S/C13H16N2O/c1-9-8-14-13(16)15(9)12-6-4-11(5-7-12)10-2-3-10/h4-7,9-10H,2-3,8H2,1H3,(H,14,16)/t9-/m1/s1. The molecule has 0 spiro atoms. The van der Waals surface area contributed by atoms with Crippen molar-refractivity contribution in [1.82, 2.24) is 5.32 Å². The van der Waals surface area contributed by atoms with E-state index in [-0.39, 0.29) is 12.1 Å². The lowest BCUT2D eigenvalue weighted by atomic mass is 10.1. The van der Waals surface area contributed by atoms with Gasteiger partial charge in [0.15, 0.2) is 0 Å². The maximum Gasteiger partial charge on any atom is 0.322 e. The highest BCUT2D eigenvalue weighted by Gasteiger charge is 2.29. The Labute approximate surface area is 95.4 Å². The molecule has 16 heavy (non-hydrogen) atoms. The molecular formula is C13H16N2O. The van der Waals surface area contributed by atoms with Crippen LogP contribution < -0.4 is 10.2 Å². The topological polar surface area (TPSA) is 32.3 Å². The van der Waals surface area contributed by atoms with E-state index in [1.165, 1.54) is 18.4 Å². The molecule has 1 aromatic rings. The molecule has 0 unspecified atom stereocenters. The van der Waals surface area contributed by atoms with Gasteiger partial charge in [-0.05, 0) is 43.4 Å². The molecule has 0 bridgehead atoms. The van der Waals surface area contributed by atoms with Crippen LogP contribution in [0.4, 0.5) is 10.5 Å². The van der Waals surface area contributed by atoms with Crippen LogP contribution in [0.5, 0.6) is 0 Å². The van der Waals surface area contributed by atoms with Crippen LogP contribution in [0.15, 0.2) is 24.3 Å². The van der Waals surface area contributed by atoms with E-state index < -0.39 is 0 Å². The molecule has 3 rings (SSSR count). The molecule has 1 aromatic carbocycles. The van der Waals surface area contributed by atoms with Crippen molar-refractivity contribution in [2.24, 2.45) is 0 Å². The Kier molecular flexibility index (Phi) is 2.13. The van der Waals surface area contributed by atoms with E-state index >= 15 is 0 Å². The van der Waals surface area contributed by atoms with E-state index in [4.69, 9.17) is 0 Å². The number of carbonyl (C=O) groups excluding carboxylic acids is 1. The van der Waals surface area contributed by atoms with Crippen molar-refractivity contribution >= 4 is 11.7 Å². The van der Waals surface area contributed by atoms with E-state index in [0.717, 1.165) is 18.2 Å². The fraction of sp³-hybridized carbons (Fsp3) is 0.462. The number of rotatable bonds is 2. The fourth-order valence-electron chi connectivity index (χ4n) is 2.31. The molecule has 2 aliphatic rings. The van der Waals surface area contributed by atoms with Crippen molar-refractivity contribution in [1.29, 1.82) is 0 Å². The summed E-state index contributed by atoms with van der Waals surface area (Å²) in [5, 5.41) is 2.85. The summed E-state index contributed by atoms with van der Waals surface area (Å²) in [6, 6.07) is 8.71. The van der Waals surface area contributed by atoms with Crippen molar-refractivity contribution < 1.29 is 4.79 Å². The van der Waals surface area contributed by atoms with Gasteiger partial charge in [0.1, 0.15) is 0 Å². The van der Waals surface area contributed by atoms with Gasteiger partial charge in [0.05, 0.1) is 6.04 Å². The third-order valence-electron chi connectivity index (χ3n) is 3.43. The third-order valence-corrected chi connectivity index (χ3v) is 3.43. The molecule has 1 aliphatic carbocycles. The van der Waals surface area contributed by atoms with Crippen LogP contribution in [0.2, 0.25) is 0 Å². The van der Waals surface area contributed by atoms with Gasteiger partial charge in [-0.3, -0.25) is 4.90 Å². The number of carbonyl (C=O) groups is 1. The van der Waals surface area contributed by atoms with Crippen LogP contribution in [-0.2, 0) is 0 Å². The summed E-state index contributed by atoms with van der Waals surface area (Å²) in [6.45, 7) is 2.80. The van der Waals surface area contributed by atoms with Gasteiger partial charge in [-0.15, -0.1) is 0 Å². The Balaban J connectivity index is 1.85. The quantitative estimate of drug-likeness (QED) is 0.809. The zero-order valence-corrected chi connectivity index (χ0v) is 9.44. The summed E-state index contributed by atoms with van der Waals surface area (Å²) < 4.78 is 0.